The van der Waals surface area contributed by atoms with Gasteiger partial charge in [0.15, 0.2) is 0 Å². The molecule has 0 saturated heterocycles. The number of halogens is 3. The first kappa shape index (κ1) is 13.5. The Balaban J connectivity index is 0.00000169. The highest BCUT2D eigenvalue weighted by atomic mass is 35.5. The van der Waals surface area contributed by atoms with Gasteiger partial charge < -0.3 is 5.73 Å². The molecule has 0 amide bonds. The van der Waals surface area contributed by atoms with Gasteiger partial charge in [-0.2, -0.15) is 5.26 Å². The molecule has 1 rings (SSSR count). The molecule has 5 heteroatoms. The van der Waals surface area contributed by atoms with Crippen molar-refractivity contribution in [3.05, 3.63) is 33.8 Å². The van der Waals surface area contributed by atoms with Gasteiger partial charge in [0.1, 0.15) is 0 Å². The fourth-order valence-corrected chi connectivity index (χ4v) is 1.45. The van der Waals surface area contributed by atoms with E-state index in [1.165, 1.54) is 0 Å². The first-order valence-corrected chi connectivity index (χ1v) is 4.48. The van der Waals surface area contributed by atoms with Crippen LogP contribution in [0.1, 0.15) is 18.0 Å². The smallest absolute Gasteiger partial charge is 0.0641 e. The van der Waals surface area contributed by atoms with Crippen LogP contribution in [0.4, 0.5) is 0 Å². The Labute approximate surface area is 99.0 Å². The van der Waals surface area contributed by atoms with Gasteiger partial charge in [0, 0.05) is 16.1 Å². The first-order valence-electron chi connectivity index (χ1n) is 3.72. The second kappa shape index (κ2) is 6.10. The van der Waals surface area contributed by atoms with E-state index in [-0.39, 0.29) is 24.9 Å². The van der Waals surface area contributed by atoms with Crippen LogP contribution in [-0.4, -0.2) is 0 Å². The van der Waals surface area contributed by atoms with Crippen LogP contribution in [0.2, 0.25) is 10.0 Å². The molecule has 1 aromatic carbocycles. The van der Waals surface area contributed by atoms with Gasteiger partial charge in [-0.15, -0.1) is 12.4 Å². The maximum Gasteiger partial charge on any atom is 0.0641 e. The zero-order valence-electron chi connectivity index (χ0n) is 7.21. The molecular weight excluding hydrogens is 242 g/mol. The van der Waals surface area contributed by atoms with E-state index in [0.717, 1.165) is 5.56 Å². The quantitative estimate of drug-likeness (QED) is 0.876. The molecule has 0 aliphatic rings. The summed E-state index contributed by atoms with van der Waals surface area (Å²) in [6, 6.07) is 6.67. The van der Waals surface area contributed by atoms with Crippen molar-refractivity contribution < 1.29 is 0 Å². The summed E-state index contributed by atoms with van der Waals surface area (Å²) in [5, 5.41) is 9.58. The van der Waals surface area contributed by atoms with Gasteiger partial charge in [-0.1, -0.05) is 23.2 Å². The molecule has 0 saturated carbocycles. The van der Waals surface area contributed by atoms with E-state index in [0.29, 0.717) is 10.0 Å². The maximum absolute atomic E-state index is 8.45. The van der Waals surface area contributed by atoms with Gasteiger partial charge in [0.2, 0.25) is 0 Å². The molecule has 0 spiro atoms. The predicted molar refractivity (Wildman–Crippen MR) is 60.9 cm³/mol. The summed E-state index contributed by atoms with van der Waals surface area (Å²) in [7, 11) is 0. The molecule has 0 fully saturated rings. The van der Waals surface area contributed by atoms with Crippen molar-refractivity contribution in [3.63, 3.8) is 0 Å². The molecule has 0 radical (unpaired) electrons. The number of nitriles is 1. The lowest BCUT2D eigenvalue weighted by molar-refractivity contribution is 0.749. The van der Waals surface area contributed by atoms with Crippen LogP contribution in [0.15, 0.2) is 18.2 Å². The molecule has 76 valence electrons. The van der Waals surface area contributed by atoms with Crippen molar-refractivity contribution in [1.82, 2.24) is 0 Å². The summed E-state index contributed by atoms with van der Waals surface area (Å²) in [4.78, 5) is 0. The van der Waals surface area contributed by atoms with Crippen LogP contribution < -0.4 is 5.73 Å². The zero-order valence-corrected chi connectivity index (χ0v) is 9.53. The van der Waals surface area contributed by atoms with Gasteiger partial charge in [-0.25, -0.2) is 0 Å². The summed E-state index contributed by atoms with van der Waals surface area (Å²) < 4.78 is 0. The topological polar surface area (TPSA) is 49.8 Å². The van der Waals surface area contributed by atoms with Gasteiger partial charge in [0.25, 0.3) is 0 Å². The molecule has 0 aromatic heterocycles. The van der Waals surface area contributed by atoms with Crippen molar-refractivity contribution in [2.24, 2.45) is 5.73 Å². The Morgan fingerprint density at radius 1 is 1.43 bits per heavy atom. The van der Waals surface area contributed by atoms with E-state index in [4.69, 9.17) is 34.2 Å². The average Bonchev–Trinajstić information content (AvgIpc) is 2.09. The third-order valence-corrected chi connectivity index (χ3v) is 2.25. The number of hydrogen-bond donors (Lipinski definition) is 1. The number of benzene rings is 1. The molecular formula is C9H9Cl3N2. The maximum atomic E-state index is 8.45. The summed E-state index contributed by atoms with van der Waals surface area (Å²) >= 11 is 11.6. The van der Waals surface area contributed by atoms with E-state index >= 15 is 0 Å². The molecule has 0 aliphatic carbocycles. The van der Waals surface area contributed by atoms with Crippen LogP contribution in [0.5, 0.6) is 0 Å². The molecule has 0 bridgehead atoms. The average molecular weight is 252 g/mol. The van der Waals surface area contributed by atoms with Gasteiger partial charge >= 0.3 is 0 Å². The predicted octanol–water partition coefficient (Wildman–Crippen LogP) is 3.33. The highest BCUT2D eigenvalue weighted by Gasteiger charge is 2.09. The Kier molecular flexibility index (Phi) is 5.90. The van der Waals surface area contributed by atoms with Gasteiger partial charge in [-0.05, 0) is 23.8 Å². The lowest BCUT2D eigenvalue weighted by Crippen LogP contribution is -2.09. The first-order chi connectivity index (χ1) is 6.15. The minimum absolute atomic E-state index is 0. The zero-order chi connectivity index (χ0) is 9.84. The van der Waals surface area contributed by atoms with Crippen LogP contribution in [0, 0.1) is 11.3 Å². The van der Waals surface area contributed by atoms with Crippen LogP contribution in [-0.2, 0) is 0 Å². The molecule has 2 N–H and O–H groups in total. The van der Waals surface area contributed by atoms with Crippen molar-refractivity contribution in [1.29, 1.82) is 5.26 Å². The molecule has 0 aliphatic heterocycles. The highest BCUT2D eigenvalue weighted by Crippen LogP contribution is 2.26. The van der Waals surface area contributed by atoms with Crippen molar-refractivity contribution >= 4 is 35.6 Å². The Hall–Kier alpha value is -0.460. The Morgan fingerprint density at radius 2 is 2.07 bits per heavy atom. The summed E-state index contributed by atoms with van der Waals surface area (Å²) in [5.41, 5.74) is 6.43. The van der Waals surface area contributed by atoms with E-state index in [1.807, 2.05) is 6.07 Å². The van der Waals surface area contributed by atoms with Crippen LogP contribution in [0.25, 0.3) is 0 Å². The molecule has 1 atom stereocenters. The van der Waals surface area contributed by atoms with E-state index in [1.54, 1.807) is 18.2 Å². The van der Waals surface area contributed by atoms with Crippen LogP contribution in [0.3, 0.4) is 0 Å². The van der Waals surface area contributed by atoms with E-state index in [9.17, 15) is 0 Å². The van der Waals surface area contributed by atoms with Gasteiger partial charge in [-0.3, -0.25) is 0 Å². The third kappa shape index (κ3) is 3.36. The molecule has 14 heavy (non-hydrogen) atoms. The Bertz CT molecular complexity index is 346. The number of hydrogen-bond acceptors (Lipinski definition) is 2. The SMILES string of the molecule is Cl.N#CC[C@@H](N)c1cc(Cl)ccc1Cl. The standard InChI is InChI=1S/C9H8Cl2N2.ClH/c10-6-1-2-8(11)7(5-6)9(13)3-4-12;/h1-2,5,9H,3,13H2;1H/t9-;/m1./s1. The minimum Gasteiger partial charge on any atom is -0.323 e. The van der Waals surface area contributed by atoms with Crippen molar-refractivity contribution in [3.8, 4) is 6.07 Å². The monoisotopic (exact) mass is 250 g/mol. The number of rotatable bonds is 2. The largest absolute Gasteiger partial charge is 0.323 e. The number of nitrogens with zero attached hydrogens (tertiary/aromatic N) is 1. The summed E-state index contributed by atoms with van der Waals surface area (Å²) in [5.74, 6) is 0. The summed E-state index contributed by atoms with van der Waals surface area (Å²) in [6.45, 7) is 0. The lowest BCUT2D eigenvalue weighted by Gasteiger charge is -2.09. The Morgan fingerprint density at radius 3 is 2.64 bits per heavy atom. The van der Waals surface area contributed by atoms with Crippen LogP contribution >= 0.6 is 35.6 Å². The second-order valence-corrected chi connectivity index (χ2v) is 3.48. The normalized spacial score (nSPS) is 11.3. The molecule has 2 nitrogen and oxygen atoms in total. The second-order valence-electron chi connectivity index (χ2n) is 2.63. The fourth-order valence-electron chi connectivity index (χ4n) is 1.01. The third-order valence-electron chi connectivity index (χ3n) is 1.67. The highest BCUT2D eigenvalue weighted by molar-refractivity contribution is 6.33. The van der Waals surface area contributed by atoms with E-state index in [2.05, 4.69) is 0 Å². The molecule has 1 aromatic rings. The molecule has 0 heterocycles. The molecule has 0 unspecified atom stereocenters. The fraction of sp³-hybridized carbons (Fsp3) is 0.222. The van der Waals surface area contributed by atoms with Gasteiger partial charge in [0.05, 0.1) is 12.5 Å². The van der Waals surface area contributed by atoms with Crippen molar-refractivity contribution in [2.75, 3.05) is 0 Å². The van der Waals surface area contributed by atoms with Crippen molar-refractivity contribution in [2.45, 2.75) is 12.5 Å². The lowest BCUT2D eigenvalue weighted by atomic mass is 10.1. The minimum atomic E-state index is -0.365. The number of nitrogens with two attached hydrogens (primary N) is 1. The summed E-state index contributed by atoms with van der Waals surface area (Å²) in [6.07, 6.45) is 0.236. The van der Waals surface area contributed by atoms with E-state index < -0.39 is 0 Å².